The van der Waals surface area contributed by atoms with Crippen LogP contribution in [-0.4, -0.2) is 30.0 Å². The number of hydrogen-bond donors (Lipinski definition) is 1. The standard InChI is InChI=1S/C18H29NOS/c1-13-8-7-9-14(10-13)21-12-16(19-6)15-11-17(2,3)20-18(15,4)5/h7-10,15-16,19H,11-12H2,1-6H3. The molecule has 2 unspecified atom stereocenters. The zero-order valence-corrected chi connectivity index (χ0v) is 15.0. The van der Waals surface area contributed by atoms with Crippen molar-refractivity contribution in [2.24, 2.45) is 5.92 Å². The number of hydrogen-bond acceptors (Lipinski definition) is 3. The first-order valence-electron chi connectivity index (χ1n) is 7.80. The Balaban J connectivity index is 2.03. The Morgan fingerprint density at radius 1 is 1.33 bits per heavy atom. The Morgan fingerprint density at radius 3 is 2.57 bits per heavy atom. The van der Waals surface area contributed by atoms with E-state index in [4.69, 9.17) is 4.74 Å². The van der Waals surface area contributed by atoms with Crippen molar-refractivity contribution in [1.29, 1.82) is 0 Å². The number of nitrogens with one attached hydrogen (secondary N) is 1. The van der Waals surface area contributed by atoms with Crippen molar-refractivity contribution < 1.29 is 4.74 Å². The van der Waals surface area contributed by atoms with Gasteiger partial charge in [0.2, 0.25) is 0 Å². The molecular formula is C18H29NOS. The monoisotopic (exact) mass is 307 g/mol. The molecular weight excluding hydrogens is 278 g/mol. The maximum Gasteiger partial charge on any atom is 0.0678 e. The van der Waals surface area contributed by atoms with Crippen molar-refractivity contribution in [3.05, 3.63) is 29.8 Å². The predicted octanol–water partition coefficient (Wildman–Crippen LogP) is 4.27. The Kier molecular flexibility index (Phi) is 5.07. The molecule has 2 rings (SSSR count). The van der Waals surface area contributed by atoms with Crippen LogP contribution in [-0.2, 0) is 4.74 Å². The fourth-order valence-electron chi connectivity index (χ4n) is 3.52. The lowest BCUT2D eigenvalue weighted by Gasteiger charge is -2.32. The van der Waals surface area contributed by atoms with Crippen molar-refractivity contribution >= 4 is 11.8 Å². The summed E-state index contributed by atoms with van der Waals surface area (Å²) < 4.78 is 6.25. The average Bonchev–Trinajstić information content (AvgIpc) is 2.58. The number of rotatable bonds is 5. The van der Waals surface area contributed by atoms with Gasteiger partial charge in [-0.15, -0.1) is 11.8 Å². The van der Waals surface area contributed by atoms with Crippen LogP contribution in [0.1, 0.15) is 39.7 Å². The Labute approximate surface area is 134 Å². The molecule has 2 nitrogen and oxygen atoms in total. The highest BCUT2D eigenvalue weighted by Gasteiger charge is 2.48. The van der Waals surface area contributed by atoms with Crippen LogP contribution in [0.25, 0.3) is 0 Å². The molecule has 3 heteroatoms. The van der Waals surface area contributed by atoms with Crippen LogP contribution in [0.2, 0.25) is 0 Å². The van der Waals surface area contributed by atoms with E-state index in [1.165, 1.54) is 10.5 Å². The Hall–Kier alpha value is -0.510. The first-order valence-corrected chi connectivity index (χ1v) is 8.79. The molecule has 0 spiro atoms. The van der Waals surface area contributed by atoms with E-state index >= 15 is 0 Å². The molecule has 1 fully saturated rings. The van der Waals surface area contributed by atoms with Crippen molar-refractivity contribution in [2.45, 2.75) is 63.2 Å². The van der Waals surface area contributed by atoms with Gasteiger partial charge >= 0.3 is 0 Å². The largest absolute Gasteiger partial charge is 0.369 e. The molecule has 0 amide bonds. The maximum atomic E-state index is 6.25. The van der Waals surface area contributed by atoms with Crippen molar-refractivity contribution in [3.8, 4) is 0 Å². The van der Waals surface area contributed by atoms with Crippen molar-refractivity contribution in [3.63, 3.8) is 0 Å². The number of benzene rings is 1. The van der Waals surface area contributed by atoms with E-state index in [-0.39, 0.29) is 11.2 Å². The minimum Gasteiger partial charge on any atom is -0.369 e. The van der Waals surface area contributed by atoms with Gasteiger partial charge in [-0.25, -0.2) is 0 Å². The van der Waals surface area contributed by atoms with Gasteiger partial charge in [-0.3, -0.25) is 0 Å². The van der Waals surface area contributed by atoms with Gasteiger partial charge in [0, 0.05) is 22.6 Å². The van der Waals surface area contributed by atoms with Gasteiger partial charge in [0.15, 0.2) is 0 Å². The first kappa shape index (κ1) is 16.9. The third kappa shape index (κ3) is 4.24. The summed E-state index contributed by atoms with van der Waals surface area (Å²) in [4.78, 5) is 1.35. The van der Waals surface area contributed by atoms with Crippen LogP contribution < -0.4 is 5.32 Å². The highest BCUT2D eigenvalue weighted by molar-refractivity contribution is 7.99. The fraction of sp³-hybridized carbons (Fsp3) is 0.667. The van der Waals surface area contributed by atoms with E-state index in [0.29, 0.717) is 12.0 Å². The van der Waals surface area contributed by atoms with Gasteiger partial charge in [-0.1, -0.05) is 17.7 Å². The van der Waals surface area contributed by atoms with Crippen LogP contribution in [0.4, 0.5) is 0 Å². The number of thioether (sulfide) groups is 1. The second-order valence-electron chi connectivity index (χ2n) is 7.30. The number of ether oxygens (including phenoxy) is 1. The molecule has 1 N–H and O–H groups in total. The van der Waals surface area contributed by atoms with Crippen LogP contribution in [0.15, 0.2) is 29.2 Å². The summed E-state index contributed by atoms with van der Waals surface area (Å²) in [6.45, 7) is 11.0. The van der Waals surface area contributed by atoms with Gasteiger partial charge in [0.05, 0.1) is 11.2 Å². The van der Waals surface area contributed by atoms with E-state index in [1.807, 2.05) is 11.8 Å². The molecule has 0 bridgehead atoms. The van der Waals surface area contributed by atoms with Crippen molar-refractivity contribution in [2.75, 3.05) is 12.8 Å². The summed E-state index contributed by atoms with van der Waals surface area (Å²) >= 11 is 1.94. The molecule has 0 aliphatic carbocycles. The van der Waals surface area contributed by atoms with Crippen LogP contribution >= 0.6 is 11.8 Å². The molecule has 118 valence electrons. The van der Waals surface area contributed by atoms with Crippen LogP contribution in [0.3, 0.4) is 0 Å². The third-order valence-corrected chi connectivity index (χ3v) is 5.53. The lowest BCUT2D eigenvalue weighted by atomic mass is 9.82. The zero-order chi connectivity index (χ0) is 15.7. The molecule has 0 radical (unpaired) electrons. The van der Waals surface area contributed by atoms with E-state index in [2.05, 4.69) is 71.2 Å². The molecule has 2 atom stereocenters. The minimum absolute atomic E-state index is 0.0166. The first-order chi connectivity index (χ1) is 9.73. The second-order valence-corrected chi connectivity index (χ2v) is 8.39. The van der Waals surface area contributed by atoms with E-state index < -0.39 is 0 Å². The molecule has 1 aromatic carbocycles. The summed E-state index contributed by atoms with van der Waals surface area (Å²) in [7, 11) is 2.07. The van der Waals surface area contributed by atoms with Gasteiger partial charge in [-0.05, 0) is 60.2 Å². The predicted molar refractivity (Wildman–Crippen MR) is 92.1 cm³/mol. The summed E-state index contributed by atoms with van der Waals surface area (Å²) in [5, 5.41) is 3.52. The number of aryl methyl sites for hydroxylation is 1. The van der Waals surface area contributed by atoms with Crippen LogP contribution in [0, 0.1) is 12.8 Å². The molecule has 0 saturated carbocycles. The molecule has 1 aliphatic rings. The fourth-order valence-corrected chi connectivity index (χ4v) is 4.74. The van der Waals surface area contributed by atoms with Gasteiger partial charge in [0.1, 0.15) is 0 Å². The van der Waals surface area contributed by atoms with Gasteiger partial charge < -0.3 is 10.1 Å². The maximum absolute atomic E-state index is 6.25. The molecule has 1 aromatic rings. The molecule has 21 heavy (non-hydrogen) atoms. The van der Waals surface area contributed by atoms with E-state index in [1.54, 1.807) is 0 Å². The molecule has 1 saturated heterocycles. The van der Waals surface area contributed by atoms with Gasteiger partial charge in [-0.2, -0.15) is 0 Å². The summed E-state index contributed by atoms with van der Waals surface area (Å²) in [6.07, 6.45) is 1.11. The zero-order valence-electron chi connectivity index (χ0n) is 14.2. The smallest absolute Gasteiger partial charge is 0.0678 e. The SMILES string of the molecule is CNC(CSc1cccc(C)c1)C1CC(C)(C)OC1(C)C. The highest BCUT2D eigenvalue weighted by atomic mass is 32.2. The Bertz CT molecular complexity index is 484. The summed E-state index contributed by atoms with van der Waals surface area (Å²) in [6, 6.07) is 9.21. The average molecular weight is 308 g/mol. The summed E-state index contributed by atoms with van der Waals surface area (Å²) in [5.41, 5.74) is 1.24. The van der Waals surface area contributed by atoms with Crippen molar-refractivity contribution in [1.82, 2.24) is 5.32 Å². The second kappa shape index (κ2) is 6.31. The normalized spacial score (nSPS) is 25.0. The van der Waals surface area contributed by atoms with E-state index in [9.17, 15) is 0 Å². The molecule has 0 aromatic heterocycles. The van der Waals surface area contributed by atoms with E-state index in [0.717, 1.165) is 12.2 Å². The topological polar surface area (TPSA) is 21.3 Å². The third-order valence-electron chi connectivity index (χ3n) is 4.42. The minimum atomic E-state index is -0.0651. The highest BCUT2D eigenvalue weighted by Crippen LogP contribution is 2.44. The molecule has 1 heterocycles. The van der Waals surface area contributed by atoms with Crippen LogP contribution in [0.5, 0.6) is 0 Å². The molecule has 1 aliphatic heterocycles. The van der Waals surface area contributed by atoms with Gasteiger partial charge in [0.25, 0.3) is 0 Å². The lowest BCUT2D eigenvalue weighted by molar-refractivity contribution is -0.0767. The quantitative estimate of drug-likeness (QED) is 0.821. The summed E-state index contributed by atoms with van der Waals surface area (Å²) in [5.74, 6) is 1.61. The Morgan fingerprint density at radius 2 is 2.05 bits per heavy atom. The lowest BCUT2D eigenvalue weighted by Crippen LogP contribution is -2.44.